The fourth-order valence-electron chi connectivity index (χ4n) is 3.38. The van der Waals surface area contributed by atoms with E-state index in [2.05, 4.69) is 26.7 Å². The molecule has 0 radical (unpaired) electrons. The topological polar surface area (TPSA) is 93.9 Å². The molecule has 1 heterocycles. The van der Waals surface area contributed by atoms with Crippen LogP contribution < -0.4 is 15.5 Å². The molecule has 28 heavy (non-hydrogen) atoms. The molecular formula is C21H26N6O. The smallest absolute Gasteiger partial charge is 0.251 e. The predicted molar refractivity (Wildman–Crippen MR) is 109 cm³/mol. The number of carbonyl (C=O) groups is 1. The van der Waals surface area contributed by atoms with Crippen molar-refractivity contribution in [3.63, 3.8) is 0 Å². The van der Waals surface area contributed by atoms with Gasteiger partial charge in [0.05, 0.1) is 11.6 Å². The Kier molecular flexibility index (Phi) is 6.09. The third-order valence-electron chi connectivity index (χ3n) is 4.97. The minimum Gasteiger partial charge on any atom is -0.363 e. The van der Waals surface area contributed by atoms with Gasteiger partial charge in [0.1, 0.15) is 5.82 Å². The van der Waals surface area contributed by atoms with Crippen molar-refractivity contribution in [1.82, 2.24) is 15.3 Å². The summed E-state index contributed by atoms with van der Waals surface area (Å²) in [5.41, 5.74) is 2.08. The Labute approximate surface area is 165 Å². The van der Waals surface area contributed by atoms with Crippen LogP contribution in [0.25, 0.3) is 0 Å². The number of benzene rings is 1. The Morgan fingerprint density at radius 3 is 2.36 bits per heavy atom. The molecular weight excluding hydrogens is 352 g/mol. The summed E-state index contributed by atoms with van der Waals surface area (Å²) >= 11 is 0. The van der Waals surface area contributed by atoms with Crippen molar-refractivity contribution in [3.05, 3.63) is 47.2 Å². The van der Waals surface area contributed by atoms with Crippen LogP contribution in [-0.4, -0.2) is 42.1 Å². The number of rotatable bonds is 5. The normalized spacial score (nSPS) is 18.8. The number of carbonyl (C=O) groups excluding carboxylic acids is 1. The number of aromatic nitrogens is 2. The van der Waals surface area contributed by atoms with Crippen LogP contribution in [0.3, 0.4) is 0 Å². The van der Waals surface area contributed by atoms with Gasteiger partial charge in [0, 0.05) is 43.5 Å². The Morgan fingerprint density at radius 2 is 1.75 bits per heavy atom. The zero-order valence-corrected chi connectivity index (χ0v) is 16.6. The molecule has 1 aliphatic carbocycles. The first-order valence-electron chi connectivity index (χ1n) is 9.55. The molecule has 3 rings (SSSR count). The Bertz CT molecular complexity index is 863. The van der Waals surface area contributed by atoms with Gasteiger partial charge in [0.2, 0.25) is 5.95 Å². The highest BCUT2D eigenvalue weighted by Crippen LogP contribution is 2.22. The van der Waals surface area contributed by atoms with Gasteiger partial charge in [-0.15, -0.1) is 0 Å². The lowest BCUT2D eigenvalue weighted by Crippen LogP contribution is -2.40. The number of amides is 1. The fraction of sp³-hybridized carbons (Fsp3) is 0.429. The first-order chi connectivity index (χ1) is 13.4. The minimum absolute atomic E-state index is 0.0847. The van der Waals surface area contributed by atoms with Crippen LogP contribution in [0.4, 0.5) is 11.8 Å². The molecule has 1 fully saturated rings. The fourth-order valence-corrected chi connectivity index (χ4v) is 3.38. The molecule has 2 N–H and O–H groups in total. The van der Waals surface area contributed by atoms with Crippen molar-refractivity contribution in [1.29, 1.82) is 5.26 Å². The van der Waals surface area contributed by atoms with Gasteiger partial charge in [-0.25, -0.2) is 4.98 Å². The summed E-state index contributed by atoms with van der Waals surface area (Å²) in [6.45, 7) is 1.97. The van der Waals surface area contributed by atoms with Crippen LogP contribution in [0.15, 0.2) is 30.3 Å². The predicted octanol–water partition coefficient (Wildman–Crippen LogP) is 2.88. The molecule has 1 amide bonds. The van der Waals surface area contributed by atoms with E-state index in [9.17, 15) is 4.79 Å². The molecule has 1 aromatic heterocycles. The molecule has 0 saturated heterocycles. The van der Waals surface area contributed by atoms with E-state index in [1.54, 1.807) is 24.3 Å². The summed E-state index contributed by atoms with van der Waals surface area (Å²) in [4.78, 5) is 23.4. The first-order valence-corrected chi connectivity index (χ1v) is 9.55. The SMILES string of the molecule is Cc1cc(N(C)C)nc(NC2CCC(NC(=O)c3ccc(C#N)cc3)CC2)n1. The summed E-state index contributed by atoms with van der Waals surface area (Å²) < 4.78 is 0. The van der Waals surface area contributed by atoms with Crippen LogP contribution in [0.2, 0.25) is 0 Å². The highest BCUT2D eigenvalue weighted by Gasteiger charge is 2.23. The van der Waals surface area contributed by atoms with Crippen LogP contribution in [-0.2, 0) is 0 Å². The lowest BCUT2D eigenvalue weighted by molar-refractivity contribution is 0.0926. The first kappa shape index (κ1) is 19.6. The molecule has 2 aromatic rings. The van der Waals surface area contributed by atoms with Crippen molar-refractivity contribution < 1.29 is 4.79 Å². The van der Waals surface area contributed by atoms with E-state index in [-0.39, 0.29) is 11.9 Å². The quantitative estimate of drug-likeness (QED) is 0.831. The van der Waals surface area contributed by atoms with E-state index < -0.39 is 0 Å². The number of nitrogens with one attached hydrogen (secondary N) is 2. The Morgan fingerprint density at radius 1 is 1.11 bits per heavy atom. The molecule has 0 bridgehead atoms. The van der Waals surface area contributed by atoms with Gasteiger partial charge in [-0.1, -0.05) is 0 Å². The highest BCUT2D eigenvalue weighted by atomic mass is 16.1. The van der Waals surface area contributed by atoms with Crippen LogP contribution in [0.5, 0.6) is 0 Å². The number of anilines is 2. The summed E-state index contributed by atoms with van der Waals surface area (Å²) in [7, 11) is 3.93. The third kappa shape index (κ3) is 4.97. The zero-order valence-electron chi connectivity index (χ0n) is 16.6. The van der Waals surface area contributed by atoms with E-state index in [0.29, 0.717) is 23.1 Å². The van der Waals surface area contributed by atoms with Crippen LogP contribution in [0.1, 0.15) is 47.3 Å². The molecule has 146 valence electrons. The number of hydrogen-bond donors (Lipinski definition) is 2. The Hall–Kier alpha value is -3.14. The van der Waals surface area contributed by atoms with Crippen molar-refractivity contribution in [2.24, 2.45) is 0 Å². The van der Waals surface area contributed by atoms with Crippen molar-refractivity contribution in [2.45, 2.75) is 44.7 Å². The monoisotopic (exact) mass is 378 g/mol. The maximum atomic E-state index is 12.4. The number of hydrogen-bond acceptors (Lipinski definition) is 6. The van der Waals surface area contributed by atoms with Gasteiger partial charge in [-0.05, 0) is 56.9 Å². The molecule has 1 saturated carbocycles. The van der Waals surface area contributed by atoms with Crippen molar-refractivity contribution in [3.8, 4) is 6.07 Å². The molecule has 1 aromatic carbocycles. The van der Waals surface area contributed by atoms with Gasteiger partial charge in [0.15, 0.2) is 0 Å². The van der Waals surface area contributed by atoms with E-state index in [1.807, 2.05) is 32.0 Å². The number of nitrogens with zero attached hydrogens (tertiary/aromatic N) is 4. The van der Waals surface area contributed by atoms with Crippen LogP contribution >= 0.6 is 0 Å². The lowest BCUT2D eigenvalue weighted by Gasteiger charge is -2.30. The van der Waals surface area contributed by atoms with Crippen molar-refractivity contribution in [2.75, 3.05) is 24.3 Å². The van der Waals surface area contributed by atoms with E-state index in [4.69, 9.17) is 5.26 Å². The molecule has 1 aliphatic rings. The second-order valence-electron chi connectivity index (χ2n) is 7.44. The summed E-state index contributed by atoms with van der Waals surface area (Å²) in [5.74, 6) is 1.46. The largest absolute Gasteiger partial charge is 0.363 e. The average Bonchev–Trinajstić information content (AvgIpc) is 2.69. The molecule has 0 spiro atoms. The molecule has 7 heteroatoms. The van der Waals surface area contributed by atoms with Gasteiger partial charge < -0.3 is 15.5 Å². The van der Waals surface area contributed by atoms with Crippen LogP contribution in [0, 0.1) is 18.3 Å². The summed E-state index contributed by atoms with van der Waals surface area (Å²) in [5, 5.41) is 15.4. The minimum atomic E-state index is -0.0847. The van der Waals surface area contributed by atoms with Crippen molar-refractivity contribution >= 4 is 17.7 Å². The number of aryl methyl sites for hydroxylation is 1. The second kappa shape index (κ2) is 8.70. The highest BCUT2D eigenvalue weighted by molar-refractivity contribution is 5.94. The maximum Gasteiger partial charge on any atom is 0.251 e. The standard InChI is InChI=1S/C21H26N6O/c1-14-12-19(27(2)3)26-21(23-14)25-18-10-8-17(9-11-18)24-20(28)16-6-4-15(13-22)5-7-16/h4-7,12,17-18H,8-11H2,1-3H3,(H,24,28)(H,23,25,26). The van der Waals surface area contributed by atoms with E-state index in [0.717, 1.165) is 37.2 Å². The second-order valence-corrected chi connectivity index (χ2v) is 7.44. The van der Waals surface area contributed by atoms with Gasteiger partial charge in [-0.3, -0.25) is 4.79 Å². The maximum absolute atomic E-state index is 12.4. The third-order valence-corrected chi connectivity index (χ3v) is 4.97. The molecule has 0 aliphatic heterocycles. The van der Waals surface area contributed by atoms with Gasteiger partial charge >= 0.3 is 0 Å². The summed E-state index contributed by atoms with van der Waals surface area (Å²) in [6.07, 6.45) is 3.72. The number of nitriles is 1. The van der Waals surface area contributed by atoms with Gasteiger partial charge in [-0.2, -0.15) is 10.2 Å². The lowest BCUT2D eigenvalue weighted by atomic mass is 9.91. The average molecular weight is 378 g/mol. The molecule has 0 atom stereocenters. The van der Waals surface area contributed by atoms with E-state index in [1.165, 1.54) is 0 Å². The van der Waals surface area contributed by atoms with Gasteiger partial charge in [0.25, 0.3) is 5.91 Å². The van der Waals surface area contributed by atoms with E-state index >= 15 is 0 Å². The Balaban J connectivity index is 1.52. The molecule has 0 unspecified atom stereocenters. The summed E-state index contributed by atoms with van der Waals surface area (Å²) in [6, 6.07) is 11.2. The zero-order chi connectivity index (χ0) is 20.1. The molecule has 7 nitrogen and oxygen atoms in total.